The van der Waals surface area contributed by atoms with Crippen molar-refractivity contribution in [3.05, 3.63) is 112 Å². The zero-order chi connectivity index (χ0) is 31.0. The van der Waals surface area contributed by atoms with Gasteiger partial charge >= 0.3 is 37.9 Å². The molecular weight excluding hydrogens is 635 g/mol. The number of benzene rings is 3. The van der Waals surface area contributed by atoms with Crippen LogP contribution in [0.5, 0.6) is 0 Å². The van der Waals surface area contributed by atoms with Gasteiger partial charge < -0.3 is 0 Å². The third-order valence-electron chi connectivity index (χ3n) is 7.18. The predicted octanol–water partition coefficient (Wildman–Crippen LogP) is 11.4. The molecule has 2 radical (unpaired) electrons. The van der Waals surface area contributed by atoms with Crippen molar-refractivity contribution in [2.24, 2.45) is 0 Å². The van der Waals surface area contributed by atoms with Gasteiger partial charge in [-0.2, -0.15) is 12.1 Å². The summed E-state index contributed by atoms with van der Waals surface area (Å²) in [5.41, 5.74) is 8.86. The molecule has 0 aromatic heterocycles. The molecule has 0 aliphatic carbocycles. The van der Waals surface area contributed by atoms with Crippen LogP contribution in [0.25, 0.3) is 21.5 Å². The van der Waals surface area contributed by atoms with Crippen molar-refractivity contribution in [2.75, 3.05) is 0 Å². The molecule has 4 heteroatoms. The van der Waals surface area contributed by atoms with E-state index < -0.39 is 20.8 Å². The Morgan fingerprint density at radius 1 is 0.610 bits per heavy atom. The van der Waals surface area contributed by atoms with E-state index in [0.29, 0.717) is 0 Å². The number of halogens is 2. The molecule has 0 bridgehead atoms. The van der Waals surface area contributed by atoms with Crippen LogP contribution in [-0.4, -0.2) is 9.52 Å². The molecule has 216 valence electrons. The fourth-order valence-corrected chi connectivity index (χ4v) is 5.62. The van der Waals surface area contributed by atoms with Crippen LogP contribution in [0.15, 0.2) is 78.9 Å². The summed E-state index contributed by atoms with van der Waals surface area (Å²) in [7, 11) is 10.8. The van der Waals surface area contributed by atoms with Crippen molar-refractivity contribution in [3.63, 3.8) is 0 Å². The standard InChI is InChI=1S/2C15H19.C7H8Si.2ClH.Zr/c2*1-10-8-12-11(2)6-7-14(13(12)9-10)15(3,4)5;1-8-7-5-3-2-4-6-7;;;/h2*6-9H,1-5H3;2-6H,1H3;2*1H;/q2*-1;;;;+4/p-2. The van der Waals surface area contributed by atoms with E-state index in [1.807, 2.05) is 6.07 Å². The molecule has 0 nitrogen and oxygen atoms in total. The van der Waals surface area contributed by atoms with Gasteiger partial charge in [0.2, 0.25) is 0 Å². The minimum absolute atomic E-state index is 0.229. The number of aryl methyl sites for hydroxylation is 4. The molecule has 5 aromatic carbocycles. The van der Waals surface area contributed by atoms with Gasteiger partial charge in [-0.1, -0.05) is 135 Å². The number of fused-ring (bicyclic) bond motifs is 2. The molecule has 0 N–H and O–H groups in total. The van der Waals surface area contributed by atoms with Crippen LogP contribution in [0.4, 0.5) is 0 Å². The molecule has 0 heterocycles. The quantitative estimate of drug-likeness (QED) is 0.122. The van der Waals surface area contributed by atoms with Crippen molar-refractivity contribution in [1.29, 1.82) is 0 Å². The third-order valence-corrected chi connectivity index (χ3v) is 8.09. The summed E-state index contributed by atoms with van der Waals surface area (Å²) in [6.45, 7) is 24.6. The predicted molar refractivity (Wildman–Crippen MR) is 185 cm³/mol. The summed E-state index contributed by atoms with van der Waals surface area (Å²) in [6.07, 6.45) is 0. The first-order valence-corrected chi connectivity index (χ1v) is 22.0. The Morgan fingerprint density at radius 3 is 1.27 bits per heavy atom. The van der Waals surface area contributed by atoms with Crippen LogP contribution >= 0.6 is 17.0 Å². The van der Waals surface area contributed by atoms with Gasteiger partial charge in [-0.3, -0.25) is 0 Å². The maximum atomic E-state index is 4.93. The third kappa shape index (κ3) is 10.4. The van der Waals surface area contributed by atoms with Crippen molar-refractivity contribution in [2.45, 2.75) is 86.6 Å². The number of hydrogen-bond acceptors (Lipinski definition) is 0. The molecule has 0 amide bonds. The first kappa shape index (κ1) is 35.8. The fourth-order valence-electron chi connectivity index (χ4n) is 5.09. The molecule has 41 heavy (non-hydrogen) atoms. The molecule has 0 aliphatic rings. The van der Waals surface area contributed by atoms with Crippen LogP contribution in [0.3, 0.4) is 0 Å². The van der Waals surface area contributed by atoms with Gasteiger partial charge in [0.25, 0.3) is 0 Å². The Kier molecular flexibility index (Phi) is 13.8. The second-order valence-corrected chi connectivity index (χ2v) is 17.6. The van der Waals surface area contributed by atoms with E-state index in [4.69, 9.17) is 17.0 Å². The monoisotopic (exact) mass is 678 g/mol. The van der Waals surface area contributed by atoms with Gasteiger partial charge in [-0.15, -0.1) is 68.1 Å². The van der Waals surface area contributed by atoms with Crippen LogP contribution in [-0.2, 0) is 31.7 Å². The van der Waals surface area contributed by atoms with Crippen molar-refractivity contribution in [3.8, 4) is 0 Å². The van der Waals surface area contributed by atoms with E-state index in [1.165, 1.54) is 60.1 Å². The molecular formula is C37H46Cl2SiZr. The van der Waals surface area contributed by atoms with Crippen LogP contribution in [0, 0.1) is 27.7 Å². The molecule has 5 aromatic rings. The minimum atomic E-state index is -0.826. The zero-order valence-electron chi connectivity index (χ0n) is 26.8. The molecule has 0 atom stereocenters. The topological polar surface area (TPSA) is 0 Å². The Balaban J connectivity index is 0.000000214. The molecule has 0 fully saturated rings. The van der Waals surface area contributed by atoms with Gasteiger partial charge in [0, 0.05) is 0 Å². The normalized spacial score (nSPS) is 11.0. The second-order valence-electron chi connectivity index (χ2n) is 12.8. The summed E-state index contributed by atoms with van der Waals surface area (Å²) in [4.78, 5) is 0. The first-order valence-electron chi connectivity index (χ1n) is 14.2. The van der Waals surface area contributed by atoms with E-state index >= 15 is 0 Å². The summed E-state index contributed by atoms with van der Waals surface area (Å²) in [6, 6.07) is 28.7. The van der Waals surface area contributed by atoms with E-state index in [0.717, 1.165) is 9.52 Å². The van der Waals surface area contributed by atoms with E-state index in [9.17, 15) is 0 Å². The summed E-state index contributed by atoms with van der Waals surface area (Å²) < 4.78 is 0. The van der Waals surface area contributed by atoms with Crippen LogP contribution in [0.1, 0.15) is 74.9 Å². The Bertz CT molecular complexity index is 1420. The number of rotatable bonds is 1. The molecule has 0 saturated heterocycles. The van der Waals surface area contributed by atoms with Gasteiger partial charge in [0.15, 0.2) is 0 Å². The van der Waals surface area contributed by atoms with E-state index in [-0.39, 0.29) is 10.8 Å². The Morgan fingerprint density at radius 2 is 0.976 bits per heavy atom. The van der Waals surface area contributed by atoms with Gasteiger partial charge in [-0.05, 0) is 10.8 Å². The second kappa shape index (κ2) is 15.9. The van der Waals surface area contributed by atoms with Crippen LogP contribution in [0.2, 0.25) is 6.55 Å². The Labute approximate surface area is 271 Å². The summed E-state index contributed by atoms with van der Waals surface area (Å²) in [5, 5.41) is 7.13. The zero-order valence-corrected chi connectivity index (χ0v) is 31.7. The van der Waals surface area contributed by atoms with Crippen molar-refractivity contribution < 1.29 is 20.8 Å². The molecule has 0 saturated carbocycles. The van der Waals surface area contributed by atoms with Crippen molar-refractivity contribution in [1.82, 2.24) is 0 Å². The van der Waals surface area contributed by atoms with E-state index in [2.05, 4.69) is 149 Å². The first-order chi connectivity index (χ1) is 19.1. The average molecular weight is 681 g/mol. The number of hydrogen-bond donors (Lipinski definition) is 0. The molecule has 0 spiro atoms. The summed E-state index contributed by atoms with van der Waals surface area (Å²) >= 11 is -0.826. The van der Waals surface area contributed by atoms with Gasteiger partial charge in [0.05, 0.1) is 9.52 Å². The van der Waals surface area contributed by atoms with Crippen LogP contribution < -0.4 is 5.19 Å². The molecule has 5 rings (SSSR count). The van der Waals surface area contributed by atoms with Gasteiger partial charge in [-0.25, -0.2) is 0 Å². The maximum absolute atomic E-state index is 4.93. The molecule has 0 unspecified atom stereocenters. The Hall–Kier alpha value is -1.44. The van der Waals surface area contributed by atoms with E-state index in [1.54, 1.807) is 0 Å². The summed E-state index contributed by atoms with van der Waals surface area (Å²) in [5.74, 6) is 0. The average Bonchev–Trinajstić information content (AvgIpc) is 3.48. The van der Waals surface area contributed by atoms with Crippen molar-refractivity contribution >= 4 is 53.3 Å². The molecule has 0 aliphatic heterocycles. The van der Waals surface area contributed by atoms with Gasteiger partial charge in [0.1, 0.15) is 0 Å². The fraction of sp³-hybridized carbons (Fsp3) is 0.351. The SMILES string of the molecule is C[Si]c1ccccc1.Cc1cc2c(C(C)(C)C)ccc(C)c2[cH-]1.Cc1cc2c(C(C)(C)C)ccc(C)c2[cH-]1.[Cl][Zr+2][Cl].